The minimum Gasteiger partial charge on any atom is -0.389 e. The summed E-state index contributed by atoms with van der Waals surface area (Å²) >= 11 is 0. The number of ether oxygens (including phenoxy) is 1. The Hall–Kier alpha value is -0.160. The molecule has 4 nitrogen and oxygen atoms in total. The van der Waals surface area contributed by atoms with Crippen molar-refractivity contribution in [1.29, 1.82) is 0 Å². The van der Waals surface area contributed by atoms with Crippen LogP contribution in [0.4, 0.5) is 0 Å². The van der Waals surface area contributed by atoms with Crippen molar-refractivity contribution in [3.8, 4) is 0 Å². The SMILES string of the molecule is COCCC(C)(O)CNC(C)CN. The molecular weight excluding hydrogens is 168 g/mol. The lowest BCUT2D eigenvalue weighted by Gasteiger charge is -2.25. The molecule has 0 aromatic heterocycles. The summed E-state index contributed by atoms with van der Waals surface area (Å²) in [7, 11) is 1.63. The average Bonchev–Trinajstić information content (AvgIpc) is 2.11. The van der Waals surface area contributed by atoms with E-state index in [1.54, 1.807) is 14.0 Å². The minimum atomic E-state index is -0.709. The zero-order chi connectivity index (χ0) is 10.3. The Bertz CT molecular complexity index is 129. The fourth-order valence-corrected chi connectivity index (χ4v) is 0.888. The highest BCUT2D eigenvalue weighted by molar-refractivity contribution is 4.77. The van der Waals surface area contributed by atoms with Crippen molar-refractivity contribution in [3.05, 3.63) is 0 Å². The lowest BCUT2D eigenvalue weighted by Crippen LogP contribution is -2.44. The summed E-state index contributed by atoms with van der Waals surface area (Å²) in [4.78, 5) is 0. The molecule has 4 N–H and O–H groups in total. The summed E-state index contributed by atoms with van der Waals surface area (Å²) in [6.07, 6.45) is 0.633. The van der Waals surface area contributed by atoms with E-state index in [0.29, 0.717) is 26.1 Å². The van der Waals surface area contributed by atoms with Crippen LogP contribution in [0.25, 0.3) is 0 Å². The smallest absolute Gasteiger partial charge is 0.0765 e. The van der Waals surface area contributed by atoms with Gasteiger partial charge in [0.15, 0.2) is 0 Å². The number of nitrogens with two attached hydrogens (primary N) is 1. The topological polar surface area (TPSA) is 67.5 Å². The van der Waals surface area contributed by atoms with Crippen molar-refractivity contribution in [3.63, 3.8) is 0 Å². The maximum Gasteiger partial charge on any atom is 0.0765 e. The van der Waals surface area contributed by atoms with Crippen LogP contribution in [0.5, 0.6) is 0 Å². The molecule has 0 spiro atoms. The average molecular weight is 190 g/mol. The third-order valence-corrected chi connectivity index (χ3v) is 2.03. The molecule has 0 fully saturated rings. The highest BCUT2D eigenvalue weighted by Crippen LogP contribution is 2.07. The van der Waals surface area contributed by atoms with E-state index in [0.717, 1.165) is 0 Å². The molecule has 0 aromatic rings. The van der Waals surface area contributed by atoms with Crippen molar-refractivity contribution in [1.82, 2.24) is 5.32 Å². The minimum absolute atomic E-state index is 0.244. The first-order chi connectivity index (χ1) is 6.02. The fraction of sp³-hybridized carbons (Fsp3) is 1.00. The van der Waals surface area contributed by atoms with Gasteiger partial charge in [0, 0.05) is 39.3 Å². The van der Waals surface area contributed by atoms with Crippen LogP contribution in [0.15, 0.2) is 0 Å². The molecule has 4 heteroatoms. The highest BCUT2D eigenvalue weighted by Gasteiger charge is 2.19. The predicted octanol–water partition coefficient (Wildman–Crippen LogP) is -0.289. The summed E-state index contributed by atoms with van der Waals surface area (Å²) in [6, 6.07) is 0.244. The Kier molecular flexibility index (Phi) is 6.24. The fourth-order valence-electron chi connectivity index (χ4n) is 0.888. The van der Waals surface area contributed by atoms with Crippen molar-refractivity contribution >= 4 is 0 Å². The summed E-state index contributed by atoms with van der Waals surface area (Å²) < 4.78 is 4.90. The molecule has 80 valence electrons. The maximum absolute atomic E-state index is 9.81. The van der Waals surface area contributed by atoms with Crippen LogP contribution in [0.1, 0.15) is 20.3 Å². The van der Waals surface area contributed by atoms with Crippen molar-refractivity contribution < 1.29 is 9.84 Å². The summed E-state index contributed by atoms with van der Waals surface area (Å²) in [5.41, 5.74) is 4.72. The van der Waals surface area contributed by atoms with Gasteiger partial charge in [-0.15, -0.1) is 0 Å². The van der Waals surface area contributed by atoms with Crippen LogP contribution in [0.2, 0.25) is 0 Å². The molecular formula is C9H22N2O2. The summed E-state index contributed by atoms with van der Waals surface area (Å²) in [5, 5.41) is 13.0. The van der Waals surface area contributed by atoms with Crippen LogP contribution in [0, 0.1) is 0 Å². The van der Waals surface area contributed by atoms with Crippen LogP contribution in [-0.4, -0.2) is 43.6 Å². The third kappa shape index (κ3) is 6.95. The molecule has 0 aliphatic heterocycles. The van der Waals surface area contributed by atoms with Gasteiger partial charge in [-0.05, 0) is 13.8 Å². The van der Waals surface area contributed by atoms with E-state index in [1.165, 1.54) is 0 Å². The highest BCUT2D eigenvalue weighted by atomic mass is 16.5. The zero-order valence-electron chi connectivity index (χ0n) is 8.84. The van der Waals surface area contributed by atoms with Crippen molar-refractivity contribution in [2.45, 2.75) is 31.9 Å². The van der Waals surface area contributed by atoms with E-state index < -0.39 is 5.60 Å². The Morgan fingerprint density at radius 1 is 1.62 bits per heavy atom. The monoisotopic (exact) mass is 190 g/mol. The van der Waals surface area contributed by atoms with Gasteiger partial charge in [0.25, 0.3) is 0 Å². The van der Waals surface area contributed by atoms with E-state index in [1.807, 2.05) is 6.92 Å². The Morgan fingerprint density at radius 2 is 2.23 bits per heavy atom. The molecule has 0 amide bonds. The molecule has 13 heavy (non-hydrogen) atoms. The van der Waals surface area contributed by atoms with Crippen LogP contribution in [-0.2, 0) is 4.74 Å². The molecule has 0 saturated heterocycles. The Balaban J connectivity index is 3.61. The first kappa shape index (κ1) is 12.8. The number of hydrogen-bond acceptors (Lipinski definition) is 4. The van der Waals surface area contributed by atoms with E-state index in [2.05, 4.69) is 5.32 Å². The van der Waals surface area contributed by atoms with E-state index in [9.17, 15) is 5.11 Å². The third-order valence-electron chi connectivity index (χ3n) is 2.03. The molecule has 0 radical (unpaired) electrons. The van der Waals surface area contributed by atoms with Gasteiger partial charge in [-0.1, -0.05) is 0 Å². The molecule has 0 heterocycles. The normalized spacial score (nSPS) is 18.2. The lowest BCUT2D eigenvalue weighted by molar-refractivity contribution is 0.0233. The number of hydrogen-bond donors (Lipinski definition) is 3. The van der Waals surface area contributed by atoms with Gasteiger partial charge >= 0.3 is 0 Å². The molecule has 0 aliphatic carbocycles. The maximum atomic E-state index is 9.81. The molecule has 0 aliphatic rings. The quantitative estimate of drug-likeness (QED) is 0.516. The van der Waals surface area contributed by atoms with Gasteiger partial charge in [0.05, 0.1) is 5.60 Å². The standard InChI is InChI=1S/C9H22N2O2/c1-8(6-10)11-7-9(2,12)4-5-13-3/h8,11-12H,4-7,10H2,1-3H3. The van der Waals surface area contributed by atoms with E-state index in [-0.39, 0.29) is 6.04 Å². The van der Waals surface area contributed by atoms with Gasteiger partial charge in [-0.25, -0.2) is 0 Å². The first-order valence-electron chi connectivity index (χ1n) is 4.66. The summed E-state index contributed by atoms with van der Waals surface area (Å²) in [5.74, 6) is 0. The second-order valence-corrected chi connectivity index (χ2v) is 3.76. The molecule has 2 unspecified atom stereocenters. The van der Waals surface area contributed by atoms with Gasteiger partial charge in [0.2, 0.25) is 0 Å². The van der Waals surface area contributed by atoms with E-state index in [4.69, 9.17) is 10.5 Å². The van der Waals surface area contributed by atoms with Gasteiger partial charge in [0.1, 0.15) is 0 Å². The number of methoxy groups -OCH3 is 1. The lowest BCUT2D eigenvalue weighted by atomic mass is 10.0. The number of nitrogens with one attached hydrogen (secondary N) is 1. The predicted molar refractivity (Wildman–Crippen MR) is 53.6 cm³/mol. The largest absolute Gasteiger partial charge is 0.389 e. The zero-order valence-corrected chi connectivity index (χ0v) is 8.84. The molecule has 0 aromatic carbocycles. The van der Waals surface area contributed by atoms with Crippen molar-refractivity contribution in [2.24, 2.45) is 5.73 Å². The molecule has 0 rings (SSSR count). The second kappa shape index (κ2) is 6.32. The Morgan fingerprint density at radius 3 is 2.69 bits per heavy atom. The first-order valence-corrected chi connectivity index (χ1v) is 4.66. The Labute approximate surface area is 80.5 Å². The van der Waals surface area contributed by atoms with Crippen molar-refractivity contribution in [2.75, 3.05) is 26.8 Å². The number of aliphatic hydroxyl groups is 1. The van der Waals surface area contributed by atoms with Gasteiger partial charge in [-0.2, -0.15) is 0 Å². The van der Waals surface area contributed by atoms with Crippen LogP contribution >= 0.6 is 0 Å². The molecule has 0 saturated carbocycles. The second-order valence-electron chi connectivity index (χ2n) is 3.76. The van der Waals surface area contributed by atoms with Gasteiger partial charge in [-0.3, -0.25) is 0 Å². The molecule has 0 bridgehead atoms. The molecule has 2 atom stereocenters. The summed E-state index contributed by atoms with van der Waals surface area (Å²) in [6.45, 7) is 5.50. The number of rotatable bonds is 7. The van der Waals surface area contributed by atoms with Gasteiger partial charge < -0.3 is 20.9 Å². The van der Waals surface area contributed by atoms with E-state index >= 15 is 0 Å². The van der Waals surface area contributed by atoms with Crippen LogP contribution in [0.3, 0.4) is 0 Å². The van der Waals surface area contributed by atoms with Crippen LogP contribution < -0.4 is 11.1 Å².